The lowest BCUT2D eigenvalue weighted by Crippen LogP contribution is -2.62. The summed E-state index contributed by atoms with van der Waals surface area (Å²) in [4.78, 5) is 147. The molecule has 482 valence electrons. The Hall–Kier alpha value is -8.74. The number of ether oxygens (including phenoxy) is 4. The second kappa shape index (κ2) is 30.4. The molecule has 0 bridgehead atoms. The van der Waals surface area contributed by atoms with Crippen molar-refractivity contribution in [2.45, 2.75) is 99.8 Å². The first-order chi connectivity index (χ1) is 43.7. The van der Waals surface area contributed by atoms with Crippen LogP contribution in [0, 0.1) is 11.8 Å². The number of nitrogens with two attached hydrogens (primary N) is 1. The van der Waals surface area contributed by atoms with Gasteiger partial charge in [0.1, 0.15) is 36.5 Å². The van der Waals surface area contributed by atoms with E-state index in [1.54, 1.807) is 18.2 Å². The van der Waals surface area contributed by atoms with Crippen molar-refractivity contribution < 1.29 is 85.2 Å². The molecule has 5 heterocycles. The minimum atomic E-state index is -5.94. The number of alkyl halides is 2. The number of imide groups is 1. The summed E-state index contributed by atoms with van der Waals surface area (Å²) in [7, 11) is -5.94. The van der Waals surface area contributed by atoms with E-state index in [0.717, 1.165) is 35.4 Å². The number of nitrogens with zero attached hydrogens (tertiary/aromatic N) is 3. The normalized spacial score (nSPS) is 18.8. The second-order valence-electron chi connectivity index (χ2n) is 22.2. The zero-order valence-electron chi connectivity index (χ0n) is 49.4. The standard InChI is InChI=1S/C63H70F2N9O16P/c64-63(65,91(84,85)86)43-16-18-47-42(35-43)36-49(67-47)58(79)69-50-38-72(26-24-44-17-20-52(74(44)62(50)83)60(81)68-48(19-22-53(66)75)57(78)71-56(40-9-3-1-4-10-40)41-11-5-2-6-12-41)55(77)25-28-88-30-32-90-34-33-89-31-29-87-27-8-14-39-13-7-15-45-46(39)37-73(61(45)82)51-21-23-54(76)70-59(51)80/h1-7,9-13,15-16,18,35-36,44,48,50-52,56,67H,17,19-34,37-38H2,(H2,66,75)(H,68,81)(H,69,79)(H,71,78)(H,70,76,80)(H2,84,85,86)/t44-,48?,50+,51?,52+/m1/s1. The van der Waals surface area contributed by atoms with E-state index in [9.17, 15) is 66.3 Å². The van der Waals surface area contributed by atoms with Crippen molar-refractivity contribution in [1.82, 2.24) is 41.0 Å². The Morgan fingerprint density at radius 2 is 1.45 bits per heavy atom. The summed E-state index contributed by atoms with van der Waals surface area (Å²) >= 11 is 0. The van der Waals surface area contributed by atoms with E-state index in [1.807, 2.05) is 60.7 Å². The number of benzene rings is 4. The van der Waals surface area contributed by atoms with Crippen molar-refractivity contribution in [2.75, 3.05) is 65.9 Å². The van der Waals surface area contributed by atoms with Gasteiger partial charge in [-0.3, -0.25) is 53.0 Å². The van der Waals surface area contributed by atoms with Crippen molar-refractivity contribution in [3.63, 3.8) is 0 Å². The number of nitrogens with one attached hydrogen (secondary N) is 5. The minimum Gasteiger partial charge on any atom is -0.379 e. The Bertz CT molecular complexity index is 3600. The molecule has 28 heteroatoms. The third kappa shape index (κ3) is 16.6. The van der Waals surface area contributed by atoms with Gasteiger partial charge >= 0.3 is 13.3 Å². The van der Waals surface area contributed by atoms with E-state index < -0.39 is 96.4 Å². The number of aromatic amines is 1. The summed E-state index contributed by atoms with van der Waals surface area (Å²) < 4.78 is 63.6. The second-order valence-corrected chi connectivity index (χ2v) is 23.9. The molecule has 0 aliphatic carbocycles. The van der Waals surface area contributed by atoms with Crippen molar-refractivity contribution in [3.05, 3.63) is 142 Å². The Kier molecular flexibility index (Phi) is 22.3. The van der Waals surface area contributed by atoms with Crippen molar-refractivity contribution in [1.29, 1.82) is 0 Å². The van der Waals surface area contributed by atoms with E-state index >= 15 is 0 Å². The largest absolute Gasteiger partial charge is 0.399 e. The highest BCUT2D eigenvalue weighted by atomic mass is 31.2. The van der Waals surface area contributed by atoms with Crippen LogP contribution in [0.4, 0.5) is 8.78 Å². The van der Waals surface area contributed by atoms with Gasteiger partial charge in [0.05, 0.1) is 58.7 Å². The summed E-state index contributed by atoms with van der Waals surface area (Å²) in [5.74, 6) is 0.692. The molecule has 5 atom stereocenters. The zero-order valence-corrected chi connectivity index (χ0v) is 50.3. The third-order valence-electron chi connectivity index (χ3n) is 16.1. The number of primary amides is 1. The molecule has 0 saturated carbocycles. The number of aromatic nitrogens is 1. The smallest absolute Gasteiger partial charge is 0.379 e. The summed E-state index contributed by atoms with van der Waals surface area (Å²) in [5.41, 5.74) is 3.18. The summed E-state index contributed by atoms with van der Waals surface area (Å²) in [6.45, 7) is 1.22. The number of carbonyl (C=O) groups is 9. The molecule has 9 amide bonds. The lowest BCUT2D eigenvalue weighted by molar-refractivity contribution is -0.146. The quantitative estimate of drug-likeness (QED) is 0.0162. The lowest BCUT2D eigenvalue weighted by Gasteiger charge is -2.39. The van der Waals surface area contributed by atoms with Crippen molar-refractivity contribution in [3.8, 4) is 11.8 Å². The summed E-state index contributed by atoms with van der Waals surface area (Å²) in [5, 5.41) is 10.7. The number of fused-ring (bicyclic) bond motifs is 3. The van der Waals surface area contributed by atoms with Crippen LogP contribution in [0.5, 0.6) is 0 Å². The minimum absolute atomic E-state index is 0.0135. The number of hydrogen-bond acceptors (Lipinski definition) is 14. The summed E-state index contributed by atoms with van der Waals surface area (Å²) in [6, 6.07) is 21.3. The Morgan fingerprint density at radius 1 is 0.780 bits per heavy atom. The highest BCUT2D eigenvalue weighted by molar-refractivity contribution is 7.52. The topological polar surface area (TPSA) is 348 Å². The molecular formula is C63H70F2N9O16P. The first-order valence-corrected chi connectivity index (χ1v) is 31.3. The molecule has 1 aromatic heterocycles. The molecule has 91 heavy (non-hydrogen) atoms. The predicted molar refractivity (Wildman–Crippen MR) is 321 cm³/mol. The van der Waals surface area contributed by atoms with E-state index in [1.165, 1.54) is 14.7 Å². The number of H-pyrrole nitrogens is 1. The van der Waals surface area contributed by atoms with E-state index in [4.69, 9.17) is 24.7 Å². The number of hydrogen-bond donors (Lipinski definition) is 8. The third-order valence-corrected chi connectivity index (χ3v) is 17.1. The van der Waals surface area contributed by atoms with Gasteiger partial charge in [0.25, 0.3) is 11.8 Å². The number of amides is 9. The Labute approximate surface area is 521 Å². The van der Waals surface area contributed by atoms with Crippen LogP contribution < -0.4 is 27.0 Å². The molecular weight excluding hydrogens is 1210 g/mol. The van der Waals surface area contributed by atoms with Crippen LogP contribution in [-0.4, -0.2) is 179 Å². The van der Waals surface area contributed by atoms with E-state index in [-0.39, 0.29) is 152 Å². The van der Waals surface area contributed by atoms with Crippen molar-refractivity contribution in [2.24, 2.45) is 5.73 Å². The Balaban J connectivity index is 0.770. The molecule has 5 aromatic rings. The molecule has 4 aliphatic rings. The number of rotatable bonds is 27. The zero-order chi connectivity index (χ0) is 64.8. The van der Waals surface area contributed by atoms with Gasteiger partial charge in [0.2, 0.25) is 41.4 Å². The first-order valence-electron chi connectivity index (χ1n) is 29.7. The van der Waals surface area contributed by atoms with Gasteiger partial charge in [0.15, 0.2) is 0 Å². The van der Waals surface area contributed by atoms with E-state index in [2.05, 4.69) is 38.1 Å². The van der Waals surface area contributed by atoms with Gasteiger partial charge in [-0.15, -0.1) is 0 Å². The van der Waals surface area contributed by atoms with Gasteiger partial charge in [-0.25, -0.2) is 0 Å². The monoisotopic (exact) mass is 1280 g/mol. The van der Waals surface area contributed by atoms with Crippen LogP contribution >= 0.6 is 7.60 Å². The SMILES string of the molecule is NC(=O)CCC(NC(=O)[C@@H]1CC[C@@H]2CCN(C(=O)CCOCCOCCOCCOCC#Cc3cccc4c3CN(C3CCC(=O)NC3=O)C4=O)C[C@H](NC(=O)c3cc4cc(C(F)(F)P(=O)(O)O)ccc4[nH]3)C(=O)N21)C(=O)NC(c1ccccc1)c1ccccc1. The van der Waals surface area contributed by atoms with Crippen LogP contribution in [0.3, 0.4) is 0 Å². The number of halogens is 2. The molecule has 0 spiro atoms. The lowest BCUT2D eigenvalue weighted by atomic mass is 9.98. The fourth-order valence-electron chi connectivity index (χ4n) is 11.5. The van der Waals surface area contributed by atoms with Crippen LogP contribution in [0.2, 0.25) is 0 Å². The van der Waals surface area contributed by atoms with Gasteiger partial charge in [0, 0.05) is 66.1 Å². The molecule has 3 fully saturated rings. The fourth-order valence-corrected chi connectivity index (χ4v) is 11.9. The van der Waals surface area contributed by atoms with Crippen molar-refractivity contribution >= 4 is 71.7 Å². The van der Waals surface area contributed by atoms with Crippen LogP contribution in [0.15, 0.2) is 103 Å². The number of carbonyl (C=O) groups excluding carboxylic acids is 9. The summed E-state index contributed by atoms with van der Waals surface area (Å²) in [6.07, 6.45) is 0.456. The molecule has 25 nitrogen and oxygen atoms in total. The van der Waals surface area contributed by atoms with Gasteiger partial charge in [-0.2, -0.15) is 8.78 Å². The highest BCUT2D eigenvalue weighted by Crippen LogP contribution is 2.59. The molecule has 2 unspecified atom stereocenters. The molecule has 9 N–H and O–H groups in total. The van der Waals surface area contributed by atoms with Gasteiger partial charge < -0.3 is 70.1 Å². The van der Waals surface area contributed by atoms with Crippen LogP contribution in [0.25, 0.3) is 10.9 Å². The maximum Gasteiger partial charge on any atom is 0.399 e. The van der Waals surface area contributed by atoms with Gasteiger partial charge in [-0.1, -0.05) is 84.6 Å². The van der Waals surface area contributed by atoms with Gasteiger partial charge in [-0.05, 0) is 79.1 Å². The molecule has 0 radical (unpaired) electrons. The highest BCUT2D eigenvalue weighted by Gasteiger charge is 2.51. The average Bonchev–Trinajstić information content (AvgIpc) is 1.74. The van der Waals surface area contributed by atoms with E-state index in [0.29, 0.717) is 16.7 Å². The van der Waals surface area contributed by atoms with Crippen LogP contribution in [0.1, 0.15) is 106 Å². The average molecular weight is 1280 g/mol. The predicted octanol–water partition coefficient (Wildman–Crippen LogP) is 3.01. The Morgan fingerprint density at radius 3 is 2.11 bits per heavy atom. The molecule has 4 aromatic carbocycles. The van der Waals surface area contributed by atoms with Crippen LogP contribution in [-0.2, 0) is 69.3 Å². The molecule has 4 aliphatic heterocycles. The maximum atomic E-state index is 15.0. The molecule has 9 rings (SSSR count). The fraction of sp³-hybridized carbons (Fsp3) is 0.413. The first kappa shape index (κ1) is 66.7. The maximum absolute atomic E-state index is 15.0. The molecule has 3 saturated heterocycles. The number of piperidine rings is 1.